The molecule has 0 radical (unpaired) electrons. The highest BCUT2D eigenvalue weighted by Crippen LogP contribution is 2.28. The number of ether oxygens (including phenoxy) is 1. The molecule has 0 amide bonds. The van der Waals surface area contributed by atoms with Gasteiger partial charge in [0, 0.05) is 19.2 Å². The lowest BCUT2D eigenvalue weighted by molar-refractivity contribution is 0.473. The molecule has 0 atom stereocenters. The second-order valence-electron chi connectivity index (χ2n) is 6.32. The number of aromatic nitrogens is 3. The smallest absolute Gasteiger partial charge is 0.191 e. The largest absolute Gasteiger partial charge is 0.457 e. The number of aliphatic imine (C=N–C) groups is 1. The summed E-state index contributed by atoms with van der Waals surface area (Å²) < 4.78 is 7.87. The molecule has 0 saturated heterocycles. The van der Waals surface area contributed by atoms with Gasteiger partial charge in [-0.15, -0.1) is 0 Å². The third-order valence-electron chi connectivity index (χ3n) is 4.26. The van der Waals surface area contributed by atoms with Gasteiger partial charge in [0.2, 0.25) is 0 Å². The van der Waals surface area contributed by atoms with Gasteiger partial charge in [0.15, 0.2) is 5.96 Å². The third-order valence-corrected chi connectivity index (χ3v) is 4.26. The van der Waals surface area contributed by atoms with Crippen LogP contribution >= 0.6 is 0 Å². The fourth-order valence-electron chi connectivity index (χ4n) is 2.67. The molecule has 2 N–H and O–H groups in total. The first-order valence-corrected chi connectivity index (χ1v) is 9.33. The van der Waals surface area contributed by atoms with Gasteiger partial charge in [-0.2, -0.15) is 5.10 Å². The Labute approximate surface area is 165 Å². The van der Waals surface area contributed by atoms with E-state index >= 15 is 0 Å². The van der Waals surface area contributed by atoms with Crippen molar-refractivity contribution in [2.24, 2.45) is 12.0 Å². The Morgan fingerprint density at radius 1 is 1.07 bits per heavy atom. The lowest BCUT2D eigenvalue weighted by Crippen LogP contribution is -2.37. The maximum absolute atomic E-state index is 6.14. The van der Waals surface area contributed by atoms with Crippen LogP contribution in [-0.2, 0) is 20.1 Å². The highest BCUT2D eigenvalue weighted by atomic mass is 16.5. The summed E-state index contributed by atoms with van der Waals surface area (Å²) in [5.74, 6) is 3.22. The van der Waals surface area contributed by atoms with E-state index in [2.05, 4.69) is 20.7 Å². The van der Waals surface area contributed by atoms with Gasteiger partial charge in [0.1, 0.15) is 23.7 Å². The minimum atomic E-state index is 0.496. The molecule has 0 fully saturated rings. The molecule has 0 aliphatic rings. The molecule has 7 nitrogen and oxygen atoms in total. The van der Waals surface area contributed by atoms with Crippen LogP contribution in [0.15, 0.2) is 59.9 Å². The Morgan fingerprint density at radius 3 is 2.54 bits per heavy atom. The fraction of sp³-hybridized carbons (Fsp3) is 0.286. The molecule has 146 valence electrons. The van der Waals surface area contributed by atoms with Crippen molar-refractivity contribution in [3.8, 4) is 11.5 Å². The molecule has 0 spiro atoms. The maximum atomic E-state index is 6.14. The van der Waals surface area contributed by atoms with Crippen molar-refractivity contribution < 1.29 is 4.74 Å². The monoisotopic (exact) mass is 378 g/mol. The summed E-state index contributed by atoms with van der Waals surface area (Å²) in [5.41, 5.74) is 2.11. The number of hydrogen-bond donors (Lipinski definition) is 2. The SMILES string of the molecule is CCNC(=NCc1ccccc1Oc1ccccc1C)NCc1ncnn1C. The molecule has 0 aliphatic carbocycles. The van der Waals surface area contributed by atoms with Crippen molar-refractivity contribution in [2.75, 3.05) is 6.54 Å². The predicted molar refractivity (Wildman–Crippen MR) is 110 cm³/mol. The van der Waals surface area contributed by atoms with Crippen molar-refractivity contribution in [2.45, 2.75) is 26.9 Å². The highest BCUT2D eigenvalue weighted by molar-refractivity contribution is 5.79. The quantitative estimate of drug-likeness (QED) is 0.488. The van der Waals surface area contributed by atoms with Crippen molar-refractivity contribution >= 4 is 5.96 Å². The molecule has 2 aromatic carbocycles. The summed E-state index contributed by atoms with van der Waals surface area (Å²) in [6, 6.07) is 16.0. The number of hydrogen-bond acceptors (Lipinski definition) is 4. The van der Waals surface area contributed by atoms with Crippen LogP contribution in [0.5, 0.6) is 11.5 Å². The molecule has 7 heteroatoms. The fourth-order valence-corrected chi connectivity index (χ4v) is 2.67. The van der Waals surface area contributed by atoms with Crippen LogP contribution < -0.4 is 15.4 Å². The van der Waals surface area contributed by atoms with Gasteiger partial charge in [0.05, 0.1) is 13.1 Å². The Bertz CT molecular complexity index is 934. The summed E-state index contributed by atoms with van der Waals surface area (Å²) >= 11 is 0. The second kappa shape index (κ2) is 9.55. The second-order valence-corrected chi connectivity index (χ2v) is 6.32. The number of rotatable bonds is 7. The van der Waals surface area contributed by atoms with E-state index in [0.29, 0.717) is 13.1 Å². The van der Waals surface area contributed by atoms with Crippen molar-refractivity contribution in [3.05, 3.63) is 71.8 Å². The molecule has 1 aromatic heterocycles. The Balaban J connectivity index is 1.72. The highest BCUT2D eigenvalue weighted by Gasteiger charge is 2.07. The topological polar surface area (TPSA) is 76.4 Å². The first-order chi connectivity index (χ1) is 13.7. The minimum absolute atomic E-state index is 0.496. The molecular weight excluding hydrogens is 352 g/mol. The van der Waals surface area contributed by atoms with Crippen LogP contribution in [0.2, 0.25) is 0 Å². The lowest BCUT2D eigenvalue weighted by atomic mass is 10.2. The zero-order chi connectivity index (χ0) is 19.8. The number of nitrogens with zero attached hydrogens (tertiary/aromatic N) is 4. The van der Waals surface area contributed by atoms with E-state index in [0.717, 1.165) is 41.0 Å². The summed E-state index contributed by atoms with van der Waals surface area (Å²) in [6.45, 7) is 5.89. The first-order valence-electron chi connectivity index (χ1n) is 9.33. The minimum Gasteiger partial charge on any atom is -0.457 e. The normalized spacial score (nSPS) is 11.3. The van der Waals surface area contributed by atoms with Crippen molar-refractivity contribution in [1.29, 1.82) is 0 Å². The summed E-state index contributed by atoms with van der Waals surface area (Å²) in [4.78, 5) is 8.92. The molecule has 3 rings (SSSR count). The van der Waals surface area contributed by atoms with E-state index < -0.39 is 0 Å². The van der Waals surface area contributed by atoms with Gasteiger partial charge < -0.3 is 15.4 Å². The van der Waals surface area contributed by atoms with Crippen LogP contribution in [0.4, 0.5) is 0 Å². The molecule has 3 aromatic rings. The third kappa shape index (κ3) is 5.09. The van der Waals surface area contributed by atoms with Crippen molar-refractivity contribution in [1.82, 2.24) is 25.4 Å². The molecule has 1 heterocycles. The van der Waals surface area contributed by atoms with E-state index in [1.165, 1.54) is 0 Å². The van der Waals surface area contributed by atoms with Crippen LogP contribution in [0.25, 0.3) is 0 Å². The Kier molecular flexibility index (Phi) is 6.62. The predicted octanol–water partition coefficient (Wildman–Crippen LogP) is 3.17. The molecule has 0 bridgehead atoms. The molecule has 28 heavy (non-hydrogen) atoms. The van der Waals surface area contributed by atoms with Gasteiger partial charge >= 0.3 is 0 Å². The standard InChI is InChI=1S/C21H26N6O/c1-4-22-21(24-14-20-25-15-26-27(20)3)23-13-17-10-6-8-12-19(17)28-18-11-7-5-9-16(18)2/h5-12,15H,4,13-14H2,1-3H3,(H2,22,23,24). The zero-order valence-electron chi connectivity index (χ0n) is 16.5. The summed E-state index contributed by atoms with van der Waals surface area (Å²) in [7, 11) is 1.87. The van der Waals surface area contributed by atoms with Gasteiger partial charge in [0.25, 0.3) is 0 Å². The van der Waals surface area contributed by atoms with Crippen LogP contribution in [-0.4, -0.2) is 27.3 Å². The summed E-state index contributed by atoms with van der Waals surface area (Å²) in [6.07, 6.45) is 1.54. The maximum Gasteiger partial charge on any atom is 0.191 e. The van der Waals surface area contributed by atoms with E-state index in [-0.39, 0.29) is 0 Å². The zero-order valence-corrected chi connectivity index (χ0v) is 16.5. The molecule has 0 saturated carbocycles. The molecule has 0 aliphatic heterocycles. The van der Waals surface area contributed by atoms with Gasteiger partial charge in [-0.05, 0) is 31.5 Å². The average Bonchev–Trinajstić information content (AvgIpc) is 3.11. The lowest BCUT2D eigenvalue weighted by Gasteiger charge is -2.13. The van der Waals surface area contributed by atoms with Crippen molar-refractivity contribution in [3.63, 3.8) is 0 Å². The number of nitrogens with one attached hydrogen (secondary N) is 2. The van der Waals surface area contributed by atoms with Crippen LogP contribution in [0.1, 0.15) is 23.9 Å². The van der Waals surface area contributed by atoms with Crippen LogP contribution in [0.3, 0.4) is 0 Å². The number of guanidine groups is 1. The molecule has 0 unspecified atom stereocenters. The number of aryl methyl sites for hydroxylation is 2. The first kappa shape index (κ1) is 19.4. The molecular formula is C21H26N6O. The van der Waals surface area contributed by atoms with Gasteiger partial charge in [-0.1, -0.05) is 36.4 Å². The van der Waals surface area contributed by atoms with Gasteiger partial charge in [-0.3, -0.25) is 4.68 Å². The van der Waals surface area contributed by atoms with Crippen LogP contribution in [0, 0.1) is 6.92 Å². The summed E-state index contributed by atoms with van der Waals surface area (Å²) in [5, 5.41) is 10.6. The Morgan fingerprint density at radius 2 is 1.82 bits per heavy atom. The van der Waals surface area contributed by atoms with Gasteiger partial charge in [-0.25, -0.2) is 9.98 Å². The van der Waals surface area contributed by atoms with E-state index in [4.69, 9.17) is 9.73 Å². The number of benzene rings is 2. The number of para-hydroxylation sites is 2. The average molecular weight is 378 g/mol. The Hall–Kier alpha value is -3.35. The van der Waals surface area contributed by atoms with E-state index in [9.17, 15) is 0 Å². The van der Waals surface area contributed by atoms with E-state index in [1.807, 2.05) is 69.4 Å². The van der Waals surface area contributed by atoms with E-state index in [1.54, 1.807) is 11.0 Å².